The fraction of sp³-hybridized carbons (Fsp3) is 0.412. The van der Waals surface area contributed by atoms with E-state index in [0.717, 1.165) is 42.3 Å². The van der Waals surface area contributed by atoms with Gasteiger partial charge in [-0.25, -0.2) is 4.98 Å². The standard InChI is InChI=1S/C17H24N4O2/c1-4-5-9-18-17-19-10-8-16(21-17)20-12-13-6-7-14(22-2)15(11-13)23-3/h6-8,10-11H,4-5,9,12H2,1-3H3,(H2,18,19,20,21). The summed E-state index contributed by atoms with van der Waals surface area (Å²) in [7, 11) is 3.26. The zero-order chi connectivity index (χ0) is 16.5. The molecule has 0 fully saturated rings. The molecule has 0 saturated heterocycles. The number of nitrogens with one attached hydrogen (secondary N) is 2. The van der Waals surface area contributed by atoms with Crippen molar-refractivity contribution in [3.05, 3.63) is 36.0 Å². The van der Waals surface area contributed by atoms with Crippen LogP contribution in [0.4, 0.5) is 11.8 Å². The minimum Gasteiger partial charge on any atom is -0.493 e. The fourth-order valence-corrected chi connectivity index (χ4v) is 2.10. The number of unbranched alkanes of at least 4 members (excludes halogenated alkanes) is 1. The van der Waals surface area contributed by atoms with Crippen molar-refractivity contribution in [1.29, 1.82) is 0 Å². The molecule has 1 aromatic heterocycles. The van der Waals surface area contributed by atoms with Crippen LogP contribution in [0.5, 0.6) is 11.5 Å². The third-order valence-corrected chi connectivity index (χ3v) is 3.39. The molecular formula is C17H24N4O2. The van der Waals surface area contributed by atoms with Crippen molar-refractivity contribution >= 4 is 11.8 Å². The highest BCUT2D eigenvalue weighted by atomic mass is 16.5. The Kier molecular flexibility index (Phi) is 6.47. The first kappa shape index (κ1) is 16.9. The van der Waals surface area contributed by atoms with Gasteiger partial charge in [0.15, 0.2) is 11.5 Å². The summed E-state index contributed by atoms with van der Waals surface area (Å²) in [4.78, 5) is 8.66. The van der Waals surface area contributed by atoms with Crippen molar-refractivity contribution in [3.8, 4) is 11.5 Å². The molecule has 1 aromatic carbocycles. The largest absolute Gasteiger partial charge is 0.493 e. The van der Waals surface area contributed by atoms with Crippen LogP contribution in [0.15, 0.2) is 30.5 Å². The Labute approximate surface area is 137 Å². The van der Waals surface area contributed by atoms with Crippen molar-refractivity contribution in [2.24, 2.45) is 0 Å². The van der Waals surface area contributed by atoms with Gasteiger partial charge in [0.05, 0.1) is 14.2 Å². The zero-order valence-electron chi connectivity index (χ0n) is 13.9. The average Bonchev–Trinajstić information content (AvgIpc) is 2.60. The monoisotopic (exact) mass is 316 g/mol. The van der Waals surface area contributed by atoms with Crippen LogP contribution in [0.2, 0.25) is 0 Å². The van der Waals surface area contributed by atoms with Crippen LogP contribution >= 0.6 is 0 Å². The molecular weight excluding hydrogens is 292 g/mol. The van der Waals surface area contributed by atoms with Crippen molar-refractivity contribution in [1.82, 2.24) is 9.97 Å². The van der Waals surface area contributed by atoms with Crippen LogP contribution in [-0.2, 0) is 6.54 Å². The molecule has 23 heavy (non-hydrogen) atoms. The molecule has 0 aliphatic rings. The second-order valence-electron chi connectivity index (χ2n) is 5.09. The Morgan fingerprint density at radius 1 is 1.04 bits per heavy atom. The number of ether oxygens (including phenoxy) is 2. The predicted octanol–water partition coefficient (Wildman–Crippen LogP) is 3.32. The fourth-order valence-electron chi connectivity index (χ4n) is 2.10. The first-order chi connectivity index (χ1) is 11.3. The van der Waals surface area contributed by atoms with Gasteiger partial charge < -0.3 is 20.1 Å². The molecule has 2 aromatic rings. The second kappa shape index (κ2) is 8.82. The number of methoxy groups -OCH3 is 2. The first-order valence-corrected chi connectivity index (χ1v) is 7.78. The second-order valence-corrected chi connectivity index (χ2v) is 5.09. The molecule has 0 bridgehead atoms. The Hall–Kier alpha value is -2.50. The van der Waals surface area contributed by atoms with Gasteiger partial charge in [-0.1, -0.05) is 19.4 Å². The van der Waals surface area contributed by atoms with Crippen molar-refractivity contribution < 1.29 is 9.47 Å². The number of hydrogen-bond acceptors (Lipinski definition) is 6. The third kappa shape index (κ3) is 5.02. The van der Waals surface area contributed by atoms with Crippen molar-refractivity contribution in [3.63, 3.8) is 0 Å². The minimum absolute atomic E-state index is 0.645. The lowest BCUT2D eigenvalue weighted by Gasteiger charge is -2.11. The zero-order valence-corrected chi connectivity index (χ0v) is 13.9. The molecule has 124 valence electrons. The molecule has 0 aliphatic heterocycles. The van der Waals surface area contributed by atoms with Gasteiger partial charge in [-0.05, 0) is 30.2 Å². The van der Waals surface area contributed by atoms with E-state index < -0.39 is 0 Å². The summed E-state index contributed by atoms with van der Waals surface area (Å²) in [6, 6.07) is 7.70. The van der Waals surface area contributed by atoms with Crippen LogP contribution in [-0.4, -0.2) is 30.7 Å². The summed E-state index contributed by atoms with van der Waals surface area (Å²) in [5.41, 5.74) is 1.08. The van der Waals surface area contributed by atoms with Crippen LogP contribution in [0.25, 0.3) is 0 Å². The Balaban J connectivity index is 1.96. The van der Waals surface area contributed by atoms with E-state index in [1.807, 2.05) is 24.3 Å². The maximum Gasteiger partial charge on any atom is 0.224 e. The topological polar surface area (TPSA) is 68.3 Å². The number of rotatable bonds is 9. The van der Waals surface area contributed by atoms with Crippen LogP contribution in [0, 0.1) is 0 Å². The molecule has 0 amide bonds. The molecule has 0 saturated carbocycles. The van der Waals surface area contributed by atoms with Gasteiger partial charge in [0.1, 0.15) is 5.82 Å². The predicted molar refractivity (Wildman–Crippen MR) is 92.3 cm³/mol. The highest BCUT2D eigenvalue weighted by Crippen LogP contribution is 2.27. The molecule has 0 unspecified atom stereocenters. The highest BCUT2D eigenvalue weighted by molar-refractivity contribution is 5.45. The van der Waals surface area contributed by atoms with Gasteiger partial charge in [0, 0.05) is 19.3 Å². The smallest absolute Gasteiger partial charge is 0.224 e. The van der Waals surface area contributed by atoms with Crippen LogP contribution in [0.1, 0.15) is 25.3 Å². The molecule has 0 spiro atoms. The van der Waals surface area contributed by atoms with Crippen LogP contribution in [0.3, 0.4) is 0 Å². The van der Waals surface area contributed by atoms with Gasteiger partial charge in [-0.15, -0.1) is 0 Å². The third-order valence-electron chi connectivity index (χ3n) is 3.39. The number of benzene rings is 1. The molecule has 2 N–H and O–H groups in total. The van der Waals surface area contributed by atoms with Gasteiger partial charge in [-0.2, -0.15) is 4.98 Å². The van der Waals surface area contributed by atoms with Crippen molar-refractivity contribution in [2.75, 3.05) is 31.4 Å². The van der Waals surface area contributed by atoms with E-state index in [1.54, 1.807) is 20.4 Å². The Morgan fingerprint density at radius 2 is 1.87 bits per heavy atom. The number of hydrogen-bond donors (Lipinski definition) is 2. The lowest BCUT2D eigenvalue weighted by Crippen LogP contribution is -2.07. The summed E-state index contributed by atoms with van der Waals surface area (Å²) < 4.78 is 10.6. The lowest BCUT2D eigenvalue weighted by molar-refractivity contribution is 0.354. The Morgan fingerprint density at radius 3 is 2.61 bits per heavy atom. The average molecular weight is 316 g/mol. The van der Waals surface area contributed by atoms with Crippen LogP contribution < -0.4 is 20.1 Å². The van der Waals surface area contributed by atoms with E-state index in [9.17, 15) is 0 Å². The number of anilines is 2. The minimum atomic E-state index is 0.645. The van der Waals surface area contributed by atoms with E-state index in [4.69, 9.17) is 9.47 Å². The van der Waals surface area contributed by atoms with Crippen molar-refractivity contribution in [2.45, 2.75) is 26.3 Å². The van der Waals surface area contributed by atoms with Gasteiger partial charge in [-0.3, -0.25) is 0 Å². The molecule has 0 atom stereocenters. The normalized spacial score (nSPS) is 10.2. The number of nitrogens with zero attached hydrogens (tertiary/aromatic N) is 2. The molecule has 0 radical (unpaired) electrons. The maximum absolute atomic E-state index is 5.31. The van der Waals surface area contributed by atoms with E-state index >= 15 is 0 Å². The summed E-state index contributed by atoms with van der Waals surface area (Å²) in [5, 5.41) is 6.51. The van der Waals surface area contributed by atoms with E-state index in [0.29, 0.717) is 12.5 Å². The summed E-state index contributed by atoms with van der Waals surface area (Å²) in [6.45, 7) is 3.69. The lowest BCUT2D eigenvalue weighted by atomic mass is 10.2. The van der Waals surface area contributed by atoms with Gasteiger partial charge in [0.25, 0.3) is 0 Å². The maximum atomic E-state index is 5.31. The van der Waals surface area contributed by atoms with E-state index in [-0.39, 0.29) is 0 Å². The summed E-state index contributed by atoms with van der Waals surface area (Å²) in [6.07, 6.45) is 4.00. The Bertz CT molecular complexity index is 619. The summed E-state index contributed by atoms with van der Waals surface area (Å²) >= 11 is 0. The highest BCUT2D eigenvalue weighted by Gasteiger charge is 2.05. The number of aromatic nitrogens is 2. The van der Waals surface area contributed by atoms with E-state index in [2.05, 4.69) is 27.5 Å². The molecule has 2 rings (SSSR count). The molecule has 1 heterocycles. The SMILES string of the molecule is CCCCNc1nccc(NCc2ccc(OC)c(OC)c2)n1. The quantitative estimate of drug-likeness (QED) is 0.692. The van der Waals surface area contributed by atoms with Gasteiger partial charge >= 0.3 is 0 Å². The first-order valence-electron chi connectivity index (χ1n) is 7.78. The molecule has 6 heteroatoms. The summed E-state index contributed by atoms with van der Waals surface area (Å²) in [5.74, 6) is 2.88. The van der Waals surface area contributed by atoms with E-state index in [1.165, 1.54) is 0 Å². The van der Waals surface area contributed by atoms with Gasteiger partial charge in [0.2, 0.25) is 5.95 Å². The molecule has 6 nitrogen and oxygen atoms in total. The molecule has 0 aliphatic carbocycles.